The summed E-state index contributed by atoms with van der Waals surface area (Å²) in [6.07, 6.45) is 4.81. The van der Waals surface area contributed by atoms with Crippen molar-refractivity contribution in [3.05, 3.63) is 53.6 Å². The molecule has 2 rings (SSSR count). The number of nitrogens with zero attached hydrogens (tertiary/aromatic N) is 2. The lowest BCUT2D eigenvalue weighted by atomic mass is 10.1. The minimum atomic E-state index is 0.590. The van der Waals surface area contributed by atoms with Crippen molar-refractivity contribution >= 4 is 0 Å². The van der Waals surface area contributed by atoms with Crippen molar-refractivity contribution in [1.82, 2.24) is 9.55 Å². The van der Waals surface area contributed by atoms with Crippen LogP contribution < -0.4 is 5.73 Å². The first-order valence-electron chi connectivity index (χ1n) is 5.61. The van der Waals surface area contributed by atoms with Gasteiger partial charge in [-0.05, 0) is 17.5 Å². The molecule has 0 radical (unpaired) electrons. The summed E-state index contributed by atoms with van der Waals surface area (Å²) < 4.78 is 2.18. The number of nitrogens with two attached hydrogens (primary N) is 1. The van der Waals surface area contributed by atoms with E-state index in [4.69, 9.17) is 5.73 Å². The summed E-state index contributed by atoms with van der Waals surface area (Å²) in [5, 5.41) is 0. The van der Waals surface area contributed by atoms with Gasteiger partial charge >= 0.3 is 0 Å². The van der Waals surface area contributed by atoms with Crippen molar-refractivity contribution in [2.45, 2.75) is 26.4 Å². The average Bonchev–Trinajstić information content (AvgIpc) is 2.77. The second-order valence-corrected chi connectivity index (χ2v) is 3.84. The number of hydrogen-bond acceptors (Lipinski definition) is 2. The second-order valence-electron chi connectivity index (χ2n) is 3.84. The predicted octanol–water partition coefficient (Wildman–Crippen LogP) is 1.95. The van der Waals surface area contributed by atoms with E-state index in [2.05, 4.69) is 34.7 Å². The minimum Gasteiger partial charge on any atom is -0.330 e. The summed E-state index contributed by atoms with van der Waals surface area (Å²) in [6, 6.07) is 8.29. The summed E-state index contributed by atoms with van der Waals surface area (Å²) in [5.41, 5.74) is 9.46. The van der Waals surface area contributed by atoms with Crippen LogP contribution >= 0.6 is 0 Å². The quantitative estimate of drug-likeness (QED) is 0.847. The van der Waals surface area contributed by atoms with Gasteiger partial charge in [0.15, 0.2) is 0 Å². The monoisotopic (exact) mass is 215 g/mol. The fraction of sp³-hybridized carbons (Fsp3) is 0.308. The second kappa shape index (κ2) is 4.94. The Morgan fingerprint density at radius 3 is 2.69 bits per heavy atom. The fourth-order valence-electron chi connectivity index (χ4n) is 1.88. The van der Waals surface area contributed by atoms with Crippen LogP contribution in [0.15, 0.2) is 36.8 Å². The Hall–Kier alpha value is -1.61. The molecule has 16 heavy (non-hydrogen) atoms. The first kappa shape index (κ1) is 10.9. The summed E-state index contributed by atoms with van der Waals surface area (Å²) in [6.45, 7) is 3.59. The van der Waals surface area contributed by atoms with Crippen LogP contribution in [0.2, 0.25) is 0 Å². The zero-order chi connectivity index (χ0) is 11.4. The molecule has 1 aromatic carbocycles. The predicted molar refractivity (Wildman–Crippen MR) is 65.0 cm³/mol. The molecule has 1 aromatic heterocycles. The molecule has 0 spiro atoms. The van der Waals surface area contributed by atoms with E-state index >= 15 is 0 Å². The highest BCUT2D eigenvalue weighted by Gasteiger charge is 2.03. The van der Waals surface area contributed by atoms with Gasteiger partial charge in [-0.15, -0.1) is 0 Å². The van der Waals surface area contributed by atoms with E-state index in [1.54, 1.807) is 0 Å². The standard InChI is InChI=1S/C13H17N3/c1-2-13-8-15-10-16(13)9-12-6-4-3-5-11(12)7-14/h3-6,8,10H,2,7,9,14H2,1H3. The van der Waals surface area contributed by atoms with Gasteiger partial charge in [0.1, 0.15) is 0 Å². The molecule has 0 atom stereocenters. The Morgan fingerprint density at radius 1 is 1.25 bits per heavy atom. The van der Waals surface area contributed by atoms with Gasteiger partial charge in [0.25, 0.3) is 0 Å². The highest BCUT2D eigenvalue weighted by Crippen LogP contribution is 2.11. The van der Waals surface area contributed by atoms with Crippen LogP contribution in [0.4, 0.5) is 0 Å². The van der Waals surface area contributed by atoms with Gasteiger partial charge in [-0.25, -0.2) is 4.98 Å². The van der Waals surface area contributed by atoms with Crippen molar-refractivity contribution in [2.24, 2.45) is 5.73 Å². The van der Waals surface area contributed by atoms with Crippen molar-refractivity contribution in [3.8, 4) is 0 Å². The molecule has 0 bridgehead atoms. The molecule has 0 amide bonds. The molecule has 84 valence electrons. The van der Waals surface area contributed by atoms with Gasteiger partial charge in [-0.1, -0.05) is 31.2 Å². The first-order chi connectivity index (χ1) is 7.85. The summed E-state index contributed by atoms with van der Waals surface area (Å²) in [5.74, 6) is 0. The maximum absolute atomic E-state index is 5.73. The largest absolute Gasteiger partial charge is 0.330 e. The molecule has 0 saturated carbocycles. The van der Waals surface area contributed by atoms with Gasteiger partial charge in [0.05, 0.1) is 6.33 Å². The van der Waals surface area contributed by atoms with E-state index < -0.39 is 0 Å². The molecule has 0 saturated heterocycles. The van der Waals surface area contributed by atoms with Crippen LogP contribution in [0.1, 0.15) is 23.7 Å². The maximum Gasteiger partial charge on any atom is 0.0951 e. The Bertz CT molecular complexity index is 460. The van der Waals surface area contributed by atoms with Crippen LogP contribution in [0, 0.1) is 0 Å². The topological polar surface area (TPSA) is 43.8 Å². The van der Waals surface area contributed by atoms with Crippen LogP contribution in [0.3, 0.4) is 0 Å². The zero-order valence-corrected chi connectivity index (χ0v) is 9.56. The lowest BCUT2D eigenvalue weighted by molar-refractivity contribution is 0.738. The van der Waals surface area contributed by atoms with Crippen LogP contribution in [0.5, 0.6) is 0 Å². The van der Waals surface area contributed by atoms with Gasteiger partial charge in [-0.3, -0.25) is 0 Å². The Balaban J connectivity index is 2.26. The average molecular weight is 215 g/mol. The molecule has 1 heterocycles. The molecule has 2 aromatic rings. The van der Waals surface area contributed by atoms with Crippen LogP contribution in [-0.2, 0) is 19.5 Å². The Kier molecular flexibility index (Phi) is 3.37. The van der Waals surface area contributed by atoms with Gasteiger partial charge in [0.2, 0.25) is 0 Å². The van der Waals surface area contributed by atoms with Crippen molar-refractivity contribution in [1.29, 1.82) is 0 Å². The normalized spacial score (nSPS) is 10.6. The smallest absolute Gasteiger partial charge is 0.0951 e. The molecule has 0 aliphatic rings. The van der Waals surface area contributed by atoms with E-state index in [0.29, 0.717) is 6.54 Å². The Morgan fingerprint density at radius 2 is 2.00 bits per heavy atom. The van der Waals surface area contributed by atoms with E-state index in [-0.39, 0.29) is 0 Å². The molecule has 3 heteroatoms. The third-order valence-electron chi connectivity index (χ3n) is 2.84. The number of imidazole rings is 1. The third kappa shape index (κ3) is 2.14. The van der Waals surface area contributed by atoms with E-state index in [1.165, 1.54) is 16.8 Å². The fourth-order valence-corrected chi connectivity index (χ4v) is 1.88. The molecule has 3 nitrogen and oxygen atoms in total. The lowest BCUT2D eigenvalue weighted by Crippen LogP contribution is -2.07. The van der Waals surface area contributed by atoms with Crippen molar-refractivity contribution in [3.63, 3.8) is 0 Å². The number of aromatic nitrogens is 2. The Labute approximate surface area is 95.9 Å². The van der Waals surface area contributed by atoms with Crippen molar-refractivity contribution in [2.75, 3.05) is 0 Å². The first-order valence-corrected chi connectivity index (χ1v) is 5.61. The van der Waals surface area contributed by atoms with E-state index in [1.807, 2.05) is 18.6 Å². The van der Waals surface area contributed by atoms with Gasteiger partial charge in [0, 0.05) is 25.0 Å². The number of benzene rings is 1. The molecule has 0 fully saturated rings. The van der Waals surface area contributed by atoms with E-state index in [9.17, 15) is 0 Å². The van der Waals surface area contributed by atoms with Crippen LogP contribution in [0.25, 0.3) is 0 Å². The molecular formula is C13H17N3. The van der Waals surface area contributed by atoms with Gasteiger partial charge < -0.3 is 10.3 Å². The number of rotatable bonds is 4. The van der Waals surface area contributed by atoms with Crippen molar-refractivity contribution < 1.29 is 0 Å². The number of hydrogen-bond donors (Lipinski definition) is 1. The molecule has 0 aliphatic heterocycles. The lowest BCUT2D eigenvalue weighted by Gasteiger charge is -2.10. The highest BCUT2D eigenvalue weighted by molar-refractivity contribution is 5.27. The zero-order valence-electron chi connectivity index (χ0n) is 9.56. The summed E-state index contributed by atoms with van der Waals surface area (Å²) >= 11 is 0. The number of aryl methyl sites for hydroxylation is 1. The van der Waals surface area contributed by atoms with Gasteiger partial charge in [-0.2, -0.15) is 0 Å². The minimum absolute atomic E-state index is 0.590. The summed E-state index contributed by atoms with van der Waals surface area (Å²) in [7, 11) is 0. The molecular weight excluding hydrogens is 198 g/mol. The highest BCUT2D eigenvalue weighted by atomic mass is 15.0. The van der Waals surface area contributed by atoms with E-state index in [0.717, 1.165) is 13.0 Å². The molecule has 2 N–H and O–H groups in total. The molecule has 0 aliphatic carbocycles. The molecule has 0 unspecified atom stereocenters. The summed E-state index contributed by atoms with van der Waals surface area (Å²) in [4.78, 5) is 4.18. The maximum atomic E-state index is 5.73. The van der Waals surface area contributed by atoms with Crippen LogP contribution in [-0.4, -0.2) is 9.55 Å². The SMILES string of the molecule is CCc1cncn1Cc1ccccc1CN. The third-order valence-corrected chi connectivity index (χ3v) is 2.84.